The van der Waals surface area contributed by atoms with Crippen LogP contribution < -0.4 is 0 Å². The summed E-state index contributed by atoms with van der Waals surface area (Å²) in [5.74, 6) is 1.32. The fourth-order valence-corrected chi connectivity index (χ4v) is 3.15. The first-order valence-corrected chi connectivity index (χ1v) is 11.3. The van der Waals surface area contributed by atoms with Gasteiger partial charge in [-0.3, -0.25) is 0 Å². The lowest BCUT2D eigenvalue weighted by Gasteiger charge is -2.27. The molecule has 0 aliphatic heterocycles. The van der Waals surface area contributed by atoms with Crippen molar-refractivity contribution in [2.45, 2.75) is 125 Å². The van der Waals surface area contributed by atoms with Crippen molar-refractivity contribution < 1.29 is 14.2 Å². The van der Waals surface area contributed by atoms with Gasteiger partial charge in [0.25, 0.3) is 0 Å². The molecule has 0 spiro atoms. The molecule has 0 radical (unpaired) electrons. The lowest BCUT2D eigenvalue weighted by Crippen LogP contribution is -2.29. The van der Waals surface area contributed by atoms with E-state index >= 15 is 0 Å². The normalized spacial score (nSPS) is 16.6. The van der Waals surface area contributed by atoms with Gasteiger partial charge >= 0.3 is 0 Å². The van der Waals surface area contributed by atoms with Crippen molar-refractivity contribution in [1.29, 1.82) is 0 Å². The topological polar surface area (TPSA) is 27.7 Å². The van der Waals surface area contributed by atoms with Crippen LogP contribution in [0, 0.1) is 11.8 Å². The molecule has 4 atom stereocenters. The summed E-state index contributed by atoms with van der Waals surface area (Å²) in [7, 11) is 0. The molecule has 0 saturated carbocycles. The zero-order valence-electron chi connectivity index (χ0n) is 18.9. The van der Waals surface area contributed by atoms with E-state index in [1.165, 1.54) is 51.4 Å². The van der Waals surface area contributed by atoms with Crippen LogP contribution >= 0.6 is 0 Å². The minimum Gasteiger partial charge on any atom is -0.378 e. The Morgan fingerprint density at radius 3 is 1.62 bits per heavy atom. The first kappa shape index (κ1) is 25.9. The summed E-state index contributed by atoms with van der Waals surface area (Å²) in [4.78, 5) is 0. The quantitative estimate of drug-likeness (QED) is 0.243. The predicted molar refractivity (Wildman–Crippen MR) is 113 cm³/mol. The zero-order valence-corrected chi connectivity index (χ0v) is 18.9. The third kappa shape index (κ3) is 14.0. The van der Waals surface area contributed by atoms with Crippen molar-refractivity contribution in [3.63, 3.8) is 0 Å². The molecule has 0 heterocycles. The Labute approximate surface area is 164 Å². The molecule has 0 bridgehead atoms. The second-order valence-corrected chi connectivity index (χ2v) is 8.16. The van der Waals surface area contributed by atoms with E-state index in [2.05, 4.69) is 48.5 Å². The average Bonchev–Trinajstić information content (AvgIpc) is 2.61. The highest BCUT2D eigenvalue weighted by Gasteiger charge is 2.19. The van der Waals surface area contributed by atoms with Gasteiger partial charge in [0, 0.05) is 13.0 Å². The molecule has 0 fully saturated rings. The minimum atomic E-state index is -0.156. The highest BCUT2D eigenvalue weighted by molar-refractivity contribution is 4.62. The monoisotopic (exact) mass is 372 g/mol. The van der Waals surface area contributed by atoms with Gasteiger partial charge in [-0.15, -0.1) is 0 Å². The van der Waals surface area contributed by atoms with Crippen LogP contribution in [0.1, 0.15) is 106 Å². The molecule has 0 aliphatic carbocycles. The third-order valence-corrected chi connectivity index (χ3v) is 5.17. The van der Waals surface area contributed by atoms with Crippen molar-refractivity contribution in [3.05, 3.63) is 0 Å². The molecule has 0 saturated heterocycles. The summed E-state index contributed by atoms with van der Waals surface area (Å²) in [6.07, 6.45) is 11.0. The molecule has 0 aliphatic rings. The number of rotatable bonds is 18. The van der Waals surface area contributed by atoms with Crippen molar-refractivity contribution >= 4 is 0 Å². The van der Waals surface area contributed by atoms with Gasteiger partial charge < -0.3 is 14.2 Å². The Bertz CT molecular complexity index is 293. The summed E-state index contributed by atoms with van der Waals surface area (Å²) in [6, 6.07) is 0. The first-order valence-electron chi connectivity index (χ1n) is 11.3. The number of hydrogen-bond donors (Lipinski definition) is 0. The van der Waals surface area contributed by atoms with E-state index in [1.54, 1.807) is 0 Å². The van der Waals surface area contributed by atoms with Crippen LogP contribution in [-0.2, 0) is 14.2 Å². The van der Waals surface area contributed by atoms with E-state index in [0.717, 1.165) is 19.6 Å². The molecule has 0 aromatic carbocycles. The van der Waals surface area contributed by atoms with Crippen LogP contribution in [0.25, 0.3) is 0 Å². The third-order valence-electron chi connectivity index (χ3n) is 5.17. The fourth-order valence-electron chi connectivity index (χ4n) is 3.15. The summed E-state index contributed by atoms with van der Waals surface area (Å²) in [5.41, 5.74) is 0. The van der Waals surface area contributed by atoms with Gasteiger partial charge in [-0.25, -0.2) is 0 Å². The van der Waals surface area contributed by atoms with Crippen molar-refractivity contribution in [3.8, 4) is 0 Å². The van der Waals surface area contributed by atoms with Crippen LogP contribution in [0.3, 0.4) is 0 Å². The highest BCUT2D eigenvalue weighted by atomic mass is 16.7. The number of ether oxygens (including phenoxy) is 3. The van der Waals surface area contributed by atoms with Crippen molar-refractivity contribution in [2.24, 2.45) is 11.8 Å². The molecule has 3 heteroatoms. The zero-order chi connectivity index (χ0) is 19.8. The Morgan fingerprint density at radius 2 is 1.19 bits per heavy atom. The van der Waals surface area contributed by atoms with E-state index in [-0.39, 0.29) is 18.5 Å². The van der Waals surface area contributed by atoms with Crippen LogP contribution in [0.4, 0.5) is 0 Å². The van der Waals surface area contributed by atoms with Gasteiger partial charge in [-0.2, -0.15) is 0 Å². The van der Waals surface area contributed by atoms with Crippen LogP contribution in [0.5, 0.6) is 0 Å². The Balaban J connectivity index is 4.36. The first-order chi connectivity index (χ1) is 12.5. The molecule has 0 N–H and O–H groups in total. The molecule has 0 aromatic rings. The van der Waals surface area contributed by atoms with Crippen molar-refractivity contribution in [1.82, 2.24) is 0 Å². The fraction of sp³-hybridized carbons (Fsp3) is 1.00. The lowest BCUT2D eigenvalue weighted by molar-refractivity contribution is -0.186. The van der Waals surface area contributed by atoms with Crippen molar-refractivity contribution in [2.75, 3.05) is 13.2 Å². The second kappa shape index (κ2) is 17.0. The molecule has 3 nitrogen and oxygen atoms in total. The maximum atomic E-state index is 6.17. The maximum absolute atomic E-state index is 6.17. The average molecular weight is 373 g/mol. The van der Waals surface area contributed by atoms with E-state index in [9.17, 15) is 0 Å². The molecule has 0 amide bonds. The SMILES string of the molecule is CCCCC(CC)COC(C)CC(OCC(CC)CCCC)OC(C)C. The van der Waals surface area contributed by atoms with Gasteiger partial charge in [0.1, 0.15) is 0 Å². The minimum absolute atomic E-state index is 0.156. The highest BCUT2D eigenvalue weighted by Crippen LogP contribution is 2.19. The van der Waals surface area contributed by atoms with E-state index < -0.39 is 0 Å². The van der Waals surface area contributed by atoms with Gasteiger partial charge in [-0.05, 0) is 45.4 Å². The Kier molecular flexibility index (Phi) is 16.9. The van der Waals surface area contributed by atoms with E-state index in [4.69, 9.17) is 14.2 Å². The molecule has 158 valence electrons. The Morgan fingerprint density at radius 1 is 0.692 bits per heavy atom. The van der Waals surface area contributed by atoms with E-state index in [1.807, 2.05) is 0 Å². The van der Waals surface area contributed by atoms with Gasteiger partial charge in [0.2, 0.25) is 0 Å². The maximum Gasteiger partial charge on any atom is 0.160 e. The number of hydrogen-bond acceptors (Lipinski definition) is 3. The summed E-state index contributed by atoms with van der Waals surface area (Å²) >= 11 is 0. The summed E-state index contributed by atoms with van der Waals surface area (Å²) < 4.78 is 18.3. The standard InChI is InChI=1S/C23H48O3/c1-8-12-14-21(10-3)17-24-20(7)16-23(26-19(5)6)25-18-22(11-4)15-13-9-2/h19-23H,8-18H2,1-7H3. The molecule has 0 aromatic heterocycles. The molecular weight excluding hydrogens is 324 g/mol. The van der Waals surface area contributed by atoms with Crippen LogP contribution in [0.15, 0.2) is 0 Å². The molecular formula is C23H48O3. The Hall–Kier alpha value is -0.120. The van der Waals surface area contributed by atoms with Gasteiger partial charge in [0.15, 0.2) is 6.29 Å². The largest absolute Gasteiger partial charge is 0.378 e. The van der Waals surface area contributed by atoms with E-state index in [0.29, 0.717) is 11.8 Å². The summed E-state index contributed by atoms with van der Waals surface area (Å²) in [5, 5.41) is 0. The van der Waals surface area contributed by atoms with Gasteiger partial charge in [0.05, 0.1) is 18.8 Å². The second-order valence-electron chi connectivity index (χ2n) is 8.16. The molecule has 4 unspecified atom stereocenters. The number of unbranched alkanes of at least 4 members (excludes halogenated alkanes) is 2. The molecule has 26 heavy (non-hydrogen) atoms. The van der Waals surface area contributed by atoms with Gasteiger partial charge in [-0.1, -0.05) is 66.2 Å². The lowest BCUT2D eigenvalue weighted by atomic mass is 10.0. The van der Waals surface area contributed by atoms with Crippen LogP contribution in [0.2, 0.25) is 0 Å². The molecule has 0 rings (SSSR count). The summed E-state index contributed by atoms with van der Waals surface area (Å²) in [6.45, 7) is 17.0. The van der Waals surface area contributed by atoms with Crippen LogP contribution in [-0.4, -0.2) is 31.7 Å². The predicted octanol–water partition coefficient (Wildman–Crippen LogP) is 6.98. The smallest absolute Gasteiger partial charge is 0.160 e.